The Hall–Kier alpha value is -1.53. The van der Waals surface area contributed by atoms with Crippen molar-refractivity contribution in [3.63, 3.8) is 0 Å². The number of sulfonamides is 2. The predicted molar refractivity (Wildman–Crippen MR) is 120 cm³/mol. The van der Waals surface area contributed by atoms with Crippen LogP contribution in [0, 0.1) is 0 Å². The van der Waals surface area contributed by atoms with Crippen LogP contribution in [0.3, 0.4) is 0 Å². The number of carbonyl (C=O) groups excluding carboxylic acids is 1. The second kappa shape index (κ2) is 10.9. The molecule has 1 aliphatic rings. The molecule has 0 spiro atoms. The predicted octanol–water partition coefficient (Wildman–Crippen LogP) is 1.92. The Bertz CT molecular complexity index is 936. The topological polar surface area (TPSA) is 122 Å². The maximum absolute atomic E-state index is 12.9. The van der Waals surface area contributed by atoms with Crippen molar-refractivity contribution in [2.24, 2.45) is 0 Å². The van der Waals surface area contributed by atoms with Gasteiger partial charge in [-0.2, -0.15) is 4.31 Å². The quantitative estimate of drug-likeness (QED) is 0.499. The van der Waals surface area contributed by atoms with E-state index >= 15 is 0 Å². The van der Waals surface area contributed by atoms with Crippen molar-refractivity contribution >= 4 is 31.6 Å². The van der Waals surface area contributed by atoms with Crippen LogP contribution in [0.15, 0.2) is 29.2 Å². The van der Waals surface area contributed by atoms with E-state index in [1.807, 2.05) is 13.8 Å². The highest BCUT2D eigenvalue weighted by Crippen LogP contribution is 2.22. The number of amides is 1. The first-order valence-corrected chi connectivity index (χ1v) is 13.4. The highest BCUT2D eigenvalue weighted by Gasteiger charge is 2.32. The van der Waals surface area contributed by atoms with Gasteiger partial charge in [0.25, 0.3) is 0 Å². The van der Waals surface area contributed by atoms with Crippen LogP contribution in [0.25, 0.3) is 0 Å². The van der Waals surface area contributed by atoms with Crippen molar-refractivity contribution in [3.8, 4) is 0 Å². The SMILES string of the molecule is CC(C)S(=O)(=O)NCCCCC(=O)Nc1ccc(S(=O)(=O)N2C[C@@H](C)O[C@@H](C)C2)cc1. The number of morpholine rings is 1. The summed E-state index contributed by atoms with van der Waals surface area (Å²) >= 11 is 0. The second-order valence-corrected chi connectivity index (χ2v) is 12.4. The van der Waals surface area contributed by atoms with E-state index in [0.717, 1.165) is 0 Å². The number of nitrogens with zero attached hydrogens (tertiary/aromatic N) is 1. The molecule has 2 atom stereocenters. The van der Waals surface area contributed by atoms with Gasteiger partial charge in [-0.15, -0.1) is 0 Å². The fourth-order valence-electron chi connectivity index (χ4n) is 3.20. The molecule has 1 aliphatic heterocycles. The zero-order chi connectivity index (χ0) is 23.2. The van der Waals surface area contributed by atoms with Crippen molar-refractivity contribution in [2.45, 2.75) is 69.3 Å². The van der Waals surface area contributed by atoms with E-state index in [0.29, 0.717) is 38.2 Å². The first-order chi connectivity index (χ1) is 14.4. The molecule has 0 saturated carbocycles. The van der Waals surface area contributed by atoms with Crippen LogP contribution in [0.4, 0.5) is 5.69 Å². The number of unbranched alkanes of at least 4 members (excludes halogenated alkanes) is 1. The molecule has 1 aromatic carbocycles. The Kier molecular flexibility index (Phi) is 9.02. The number of nitrogens with one attached hydrogen (secondary N) is 2. The number of benzene rings is 1. The number of rotatable bonds is 10. The smallest absolute Gasteiger partial charge is 0.243 e. The lowest BCUT2D eigenvalue weighted by Gasteiger charge is -2.34. The lowest BCUT2D eigenvalue weighted by molar-refractivity contribution is -0.116. The molecule has 1 amide bonds. The molecule has 2 N–H and O–H groups in total. The van der Waals surface area contributed by atoms with Gasteiger partial charge in [0.1, 0.15) is 0 Å². The molecule has 31 heavy (non-hydrogen) atoms. The van der Waals surface area contributed by atoms with Gasteiger partial charge in [-0.25, -0.2) is 21.6 Å². The maximum atomic E-state index is 12.9. The molecule has 0 bridgehead atoms. The normalized spacial score (nSPS) is 20.7. The first kappa shape index (κ1) is 25.7. The van der Waals surface area contributed by atoms with Gasteiger partial charge in [-0.05, 0) is 64.8 Å². The van der Waals surface area contributed by atoms with E-state index < -0.39 is 25.3 Å². The molecule has 1 saturated heterocycles. The highest BCUT2D eigenvalue weighted by atomic mass is 32.2. The molecule has 11 heteroatoms. The Morgan fingerprint density at radius 2 is 1.65 bits per heavy atom. The molecule has 0 aliphatic carbocycles. The molecule has 1 aromatic rings. The van der Waals surface area contributed by atoms with Crippen LogP contribution in [-0.2, 0) is 29.6 Å². The maximum Gasteiger partial charge on any atom is 0.243 e. The summed E-state index contributed by atoms with van der Waals surface area (Å²) in [7, 11) is -6.92. The third-order valence-electron chi connectivity index (χ3n) is 4.92. The molecule has 0 aromatic heterocycles. The minimum Gasteiger partial charge on any atom is -0.373 e. The summed E-state index contributed by atoms with van der Waals surface area (Å²) < 4.78 is 58.6. The lowest BCUT2D eigenvalue weighted by Crippen LogP contribution is -2.48. The van der Waals surface area contributed by atoms with Gasteiger partial charge in [0, 0.05) is 31.7 Å². The third kappa shape index (κ3) is 7.53. The Morgan fingerprint density at radius 3 is 2.19 bits per heavy atom. The number of hydrogen-bond acceptors (Lipinski definition) is 6. The van der Waals surface area contributed by atoms with E-state index in [9.17, 15) is 21.6 Å². The minimum atomic E-state index is -3.63. The average molecular weight is 476 g/mol. The zero-order valence-electron chi connectivity index (χ0n) is 18.5. The van der Waals surface area contributed by atoms with Crippen molar-refractivity contribution in [1.82, 2.24) is 9.03 Å². The lowest BCUT2D eigenvalue weighted by atomic mass is 10.2. The van der Waals surface area contributed by atoms with E-state index in [1.165, 1.54) is 16.4 Å². The summed E-state index contributed by atoms with van der Waals surface area (Å²) in [6.07, 6.45) is 0.988. The van der Waals surface area contributed by atoms with Crippen LogP contribution >= 0.6 is 0 Å². The van der Waals surface area contributed by atoms with Gasteiger partial charge in [0.05, 0.1) is 22.4 Å². The summed E-state index contributed by atoms with van der Waals surface area (Å²) in [6, 6.07) is 6.09. The van der Waals surface area contributed by atoms with E-state index in [1.54, 1.807) is 26.0 Å². The second-order valence-electron chi connectivity index (χ2n) is 8.10. The number of hydrogen-bond donors (Lipinski definition) is 2. The molecular weight excluding hydrogens is 442 g/mol. The third-order valence-corrected chi connectivity index (χ3v) is 8.61. The molecule has 176 valence electrons. The van der Waals surface area contributed by atoms with Crippen molar-refractivity contribution < 1.29 is 26.4 Å². The monoisotopic (exact) mass is 475 g/mol. The summed E-state index contributed by atoms with van der Waals surface area (Å²) in [6.45, 7) is 7.80. The number of ether oxygens (including phenoxy) is 1. The van der Waals surface area contributed by atoms with Crippen LogP contribution in [0.1, 0.15) is 47.0 Å². The molecular formula is C20H33N3O6S2. The molecule has 0 unspecified atom stereocenters. The van der Waals surface area contributed by atoms with Gasteiger partial charge < -0.3 is 10.1 Å². The van der Waals surface area contributed by atoms with Crippen molar-refractivity contribution in [2.75, 3.05) is 25.0 Å². The Morgan fingerprint density at radius 1 is 1.06 bits per heavy atom. The van der Waals surface area contributed by atoms with Gasteiger partial charge in [-0.3, -0.25) is 4.79 Å². The Balaban J connectivity index is 1.83. The average Bonchev–Trinajstić information content (AvgIpc) is 2.67. The zero-order valence-corrected chi connectivity index (χ0v) is 20.1. The fraction of sp³-hybridized carbons (Fsp3) is 0.650. The van der Waals surface area contributed by atoms with Crippen molar-refractivity contribution in [1.29, 1.82) is 0 Å². The summed E-state index contributed by atoms with van der Waals surface area (Å²) in [4.78, 5) is 12.3. The minimum absolute atomic E-state index is 0.169. The van der Waals surface area contributed by atoms with Crippen LogP contribution in [0.2, 0.25) is 0 Å². The fourth-order valence-corrected chi connectivity index (χ4v) is 5.55. The number of carbonyl (C=O) groups is 1. The summed E-state index contributed by atoms with van der Waals surface area (Å²) in [5.41, 5.74) is 0.508. The van der Waals surface area contributed by atoms with E-state index in [2.05, 4.69) is 10.0 Å². The van der Waals surface area contributed by atoms with Crippen LogP contribution in [0.5, 0.6) is 0 Å². The van der Waals surface area contributed by atoms with E-state index in [4.69, 9.17) is 4.74 Å². The van der Waals surface area contributed by atoms with Gasteiger partial charge in [-0.1, -0.05) is 0 Å². The van der Waals surface area contributed by atoms with Gasteiger partial charge in [0.15, 0.2) is 0 Å². The molecule has 2 rings (SSSR count). The molecule has 0 radical (unpaired) electrons. The molecule has 1 heterocycles. The standard InChI is InChI=1S/C20H33N3O6S2/c1-15(2)30(25,26)21-12-6-5-7-20(24)22-18-8-10-19(11-9-18)31(27,28)23-13-16(3)29-17(4)14-23/h8-11,15-17,21H,5-7,12-14H2,1-4H3,(H,22,24)/t16-,17+. The molecule has 9 nitrogen and oxygen atoms in total. The first-order valence-electron chi connectivity index (χ1n) is 10.5. The largest absolute Gasteiger partial charge is 0.373 e. The number of anilines is 1. The van der Waals surface area contributed by atoms with Crippen LogP contribution in [-0.4, -0.2) is 64.1 Å². The Labute approximate surface area is 185 Å². The summed E-state index contributed by atoms with van der Waals surface area (Å²) in [5, 5.41) is 2.25. The van der Waals surface area contributed by atoms with Crippen LogP contribution < -0.4 is 10.0 Å². The summed E-state index contributed by atoms with van der Waals surface area (Å²) in [5.74, 6) is -0.210. The van der Waals surface area contributed by atoms with E-state index in [-0.39, 0.29) is 29.4 Å². The van der Waals surface area contributed by atoms with Gasteiger partial charge in [0.2, 0.25) is 26.0 Å². The highest BCUT2D eigenvalue weighted by molar-refractivity contribution is 7.90. The molecule has 1 fully saturated rings. The van der Waals surface area contributed by atoms with Crippen molar-refractivity contribution in [3.05, 3.63) is 24.3 Å². The van der Waals surface area contributed by atoms with Gasteiger partial charge >= 0.3 is 0 Å².